The Morgan fingerprint density at radius 2 is 1.79 bits per heavy atom. The zero-order valence-corrected chi connectivity index (χ0v) is 17.3. The van der Waals surface area contributed by atoms with Crippen molar-refractivity contribution in [3.05, 3.63) is 47.2 Å². The van der Waals surface area contributed by atoms with Crippen molar-refractivity contribution in [1.82, 2.24) is 9.47 Å². The minimum atomic E-state index is -0.0894. The van der Waals surface area contributed by atoms with Gasteiger partial charge < -0.3 is 4.57 Å². The number of nitrogens with zero attached hydrogens (tertiary/aromatic N) is 2. The van der Waals surface area contributed by atoms with Crippen LogP contribution in [0.25, 0.3) is 21.3 Å². The number of aromatic nitrogens is 1. The molecule has 4 heteroatoms. The van der Waals surface area contributed by atoms with E-state index in [1.807, 2.05) is 17.4 Å². The second kappa shape index (κ2) is 8.00. The Morgan fingerprint density at radius 1 is 0.964 bits per heavy atom. The van der Waals surface area contributed by atoms with Gasteiger partial charge in [0.25, 0.3) is 0 Å². The van der Waals surface area contributed by atoms with Gasteiger partial charge in [0.2, 0.25) is 0 Å². The smallest absolute Gasteiger partial charge is 0.147 e. The molecule has 2 fully saturated rings. The van der Waals surface area contributed by atoms with Crippen LogP contribution in [0.3, 0.4) is 0 Å². The van der Waals surface area contributed by atoms with Crippen molar-refractivity contribution in [2.45, 2.75) is 58.0 Å². The first kappa shape index (κ1) is 18.4. The third kappa shape index (κ3) is 3.65. The predicted octanol–water partition coefficient (Wildman–Crippen LogP) is 6.69. The normalized spacial score (nSPS) is 19.0. The van der Waals surface area contributed by atoms with E-state index >= 15 is 0 Å². The maximum absolute atomic E-state index is 14.8. The van der Waals surface area contributed by atoms with Gasteiger partial charge in [0.05, 0.1) is 5.52 Å². The molecule has 148 valence electrons. The van der Waals surface area contributed by atoms with Gasteiger partial charge in [-0.05, 0) is 62.9 Å². The Kier molecular flexibility index (Phi) is 5.25. The van der Waals surface area contributed by atoms with E-state index in [1.54, 1.807) is 6.07 Å². The van der Waals surface area contributed by atoms with Crippen LogP contribution in [0.5, 0.6) is 0 Å². The summed E-state index contributed by atoms with van der Waals surface area (Å²) in [5.74, 6) is 0.597. The maximum atomic E-state index is 14.8. The summed E-state index contributed by atoms with van der Waals surface area (Å²) >= 11 is 1.88. The molecule has 2 nitrogen and oxygen atoms in total. The van der Waals surface area contributed by atoms with E-state index in [0.29, 0.717) is 5.92 Å². The third-order valence-electron chi connectivity index (χ3n) is 6.53. The molecule has 1 aliphatic carbocycles. The van der Waals surface area contributed by atoms with Gasteiger partial charge in [0.1, 0.15) is 5.82 Å². The summed E-state index contributed by atoms with van der Waals surface area (Å²) in [5.41, 5.74) is 1.99. The van der Waals surface area contributed by atoms with Crippen LogP contribution in [-0.4, -0.2) is 22.6 Å². The number of halogens is 1. The van der Waals surface area contributed by atoms with Crippen molar-refractivity contribution < 1.29 is 4.39 Å². The van der Waals surface area contributed by atoms with Crippen LogP contribution in [-0.2, 0) is 13.1 Å². The van der Waals surface area contributed by atoms with Crippen molar-refractivity contribution in [3.8, 4) is 10.4 Å². The van der Waals surface area contributed by atoms with Crippen LogP contribution in [0.15, 0.2) is 36.5 Å². The zero-order chi connectivity index (χ0) is 18.9. The lowest BCUT2D eigenvalue weighted by Crippen LogP contribution is -2.17. The summed E-state index contributed by atoms with van der Waals surface area (Å²) < 4.78 is 17.0. The Bertz CT molecular complexity index is 945. The van der Waals surface area contributed by atoms with Crippen LogP contribution >= 0.6 is 11.3 Å². The molecule has 28 heavy (non-hydrogen) atoms. The fourth-order valence-corrected chi connectivity index (χ4v) is 6.15. The lowest BCUT2D eigenvalue weighted by Gasteiger charge is -2.22. The van der Waals surface area contributed by atoms with Gasteiger partial charge in [-0.1, -0.05) is 31.4 Å². The standard InChI is InChI=1S/C24H29FN2S/c25-22-10-6-9-20-21(17-27(24(20)22)15-18-7-2-1-3-8-18)23-12-11-19(28-23)16-26-13-4-5-14-26/h6,9-12,17-18H,1-5,7-8,13-16H2. The average molecular weight is 397 g/mol. The number of para-hydroxylation sites is 1. The molecule has 0 spiro atoms. The molecule has 0 unspecified atom stereocenters. The highest BCUT2D eigenvalue weighted by atomic mass is 32.1. The highest BCUT2D eigenvalue weighted by molar-refractivity contribution is 7.15. The molecule has 5 rings (SSSR count). The van der Waals surface area contributed by atoms with Crippen LogP contribution in [0.2, 0.25) is 0 Å². The van der Waals surface area contributed by atoms with Gasteiger partial charge in [0.15, 0.2) is 0 Å². The summed E-state index contributed by atoms with van der Waals surface area (Å²) in [7, 11) is 0. The third-order valence-corrected chi connectivity index (χ3v) is 7.64. The fraction of sp³-hybridized carbons (Fsp3) is 0.500. The highest BCUT2D eigenvalue weighted by Gasteiger charge is 2.20. The molecule has 0 atom stereocenters. The van der Waals surface area contributed by atoms with Crippen molar-refractivity contribution in [3.63, 3.8) is 0 Å². The molecule has 0 amide bonds. The summed E-state index contributed by atoms with van der Waals surface area (Å²) in [6.07, 6.45) is 11.4. The predicted molar refractivity (Wildman–Crippen MR) is 116 cm³/mol. The van der Waals surface area contributed by atoms with Gasteiger partial charge in [-0.2, -0.15) is 0 Å². The molecule has 3 aromatic rings. The molecule has 0 bridgehead atoms. The molecular formula is C24H29FN2S. The number of thiophene rings is 1. The quantitative estimate of drug-likeness (QED) is 0.467. The zero-order valence-electron chi connectivity index (χ0n) is 16.5. The number of likely N-dealkylation sites (tertiary alicyclic amines) is 1. The Balaban J connectivity index is 1.47. The Morgan fingerprint density at radius 3 is 2.61 bits per heavy atom. The van der Waals surface area contributed by atoms with Gasteiger partial charge in [0, 0.05) is 40.0 Å². The molecule has 3 heterocycles. The van der Waals surface area contributed by atoms with Crippen LogP contribution < -0.4 is 0 Å². The van der Waals surface area contributed by atoms with Crippen molar-refractivity contribution in [1.29, 1.82) is 0 Å². The monoisotopic (exact) mass is 396 g/mol. The fourth-order valence-electron chi connectivity index (χ4n) is 5.07. The van der Waals surface area contributed by atoms with Crippen LogP contribution in [0.4, 0.5) is 4.39 Å². The number of fused-ring (bicyclic) bond motifs is 1. The van der Waals surface area contributed by atoms with Crippen LogP contribution in [0.1, 0.15) is 49.8 Å². The second-order valence-electron chi connectivity index (χ2n) is 8.58. The summed E-state index contributed by atoms with van der Waals surface area (Å²) in [6.45, 7) is 4.45. The van der Waals surface area contributed by atoms with E-state index in [2.05, 4.69) is 33.9 Å². The Hall–Kier alpha value is -1.65. The van der Waals surface area contributed by atoms with E-state index in [0.717, 1.165) is 24.0 Å². The second-order valence-corrected chi connectivity index (χ2v) is 9.75. The summed E-state index contributed by atoms with van der Waals surface area (Å²) in [6, 6.07) is 10.1. The van der Waals surface area contributed by atoms with Crippen LogP contribution in [0, 0.1) is 11.7 Å². The SMILES string of the molecule is Fc1cccc2c(-c3ccc(CN4CCCC4)s3)cn(CC3CCCCC3)c12. The number of hydrogen-bond acceptors (Lipinski definition) is 2. The summed E-state index contributed by atoms with van der Waals surface area (Å²) in [5, 5.41) is 1.06. The molecule has 1 aliphatic heterocycles. The molecule has 1 aromatic carbocycles. The lowest BCUT2D eigenvalue weighted by molar-refractivity contribution is 0.322. The van der Waals surface area contributed by atoms with E-state index in [4.69, 9.17) is 0 Å². The first-order chi connectivity index (χ1) is 13.8. The number of benzene rings is 1. The number of rotatable bonds is 5. The van der Waals surface area contributed by atoms with E-state index in [9.17, 15) is 4.39 Å². The van der Waals surface area contributed by atoms with E-state index < -0.39 is 0 Å². The molecular weight excluding hydrogens is 367 g/mol. The van der Waals surface area contributed by atoms with Crippen molar-refractivity contribution >= 4 is 22.2 Å². The Labute approximate surface area is 171 Å². The lowest BCUT2D eigenvalue weighted by atomic mass is 9.89. The molecule has 1 saturated carbocycles. The molecule has 1 saturated heterocycles. The highest BCUT2D eigenvalue weighted by Crippen LogP contribution is 2.37. The minimum Gasteiger partial charge on any atom is -0.344 e. The van der Waals surface area contributed by atoms with E-state index in [1.165, 1.54) is 73.4 Å². The van der Waals surface area contributed by atoms with Crippen molar-refractivity contribution in [2.24, 2.45) is 5.92 Å². The number of hydrogen-bond donors (Lipinski definition) is 0. The topological polar surface area (TPSA) is 8.17 Å². The van der Waals surface area contributed by atoms with Crippen molar-refractivity contribution in [2.75, 3.05) is 13.1 Å². The maximum Gasteiger partial charge on any atom is 0.147 e. The first-order valence-corrected chi connectivity index (χ1v) is 11.7. The molecule has 2 aliphatic rings. The largest absolute Gasteiger partial charge is 0.344 e. The van der Waals surface area contributed by atoms with Gasteiger partial charge in [-0.3, -0.25) is 4.90 Å². The molecule has 2 aromatic heterocycles. The molecule has 0 radical (unpaired) electrons. The van der Waals surface area contributed by atoms with Gasteiger partial charge in [-0.15, -0.1) is 11.3 Å². The van der Waals surface area contributed by atoms with Gasteiger partial charge >= 0.3 is 0 Å². The summed E-state index contributed by atoms with van der Waals surface area (Å²) in [4.78, 5) is 5.23. The molecule has 0 N–H and O–H groups in total. The average Bonchev–Trinajstić information content (AvgIpc) is 3.44. The van der Waals surface area contributed by atoms with Gasteiger partial charge in [-0.25, -0.2) is 4.39 Å². The minimum absolute atomic E-state index is 0.0894. The first-order valence-electron chi connectivity index (χ1n) is 10.9. The van der Waals surface area contributed by atoms with E-state index in [-0.39, 0.29) is 5.82 Å².